The Labute approximate surface area is 188 Å². The van der Waals surface area contributed by atoms with Crippen LogP contribution in [0.15, 0.2) is 36.4 Å². The van der Waals surface area contributed by atoms with E-state index in [4.69, 9.17) is 9.47 Å². The number of benzene rings is 2. The summed E-state index contributed by atoms with van der Waals surface area (Å²) in [6.07, 6.45) is 3.55. The minimum absolute atomic E-state index is 0.0901. The van der Waals surface area contributed by atoms with Crippen molar-refractivity contribution in [2.24, 2.45) is 0 Å². The molecule has 2 saturated heterocycles. The average Bonchev–Trinajstić information content (AvgIpc) is 3.53. The van der Waals surface area contributed by atoms with Gasteiger partial charge in [-0.1, -0.05) is 12.1 Å². The smallest absolute Gasteiger partial charge is 0.241 e. The van der Waals surface area contributed by atoms with E-state index in [1.165, 1.54) is 0 Å². The minimum atomic E-state index is -0.223. The highest BCUT2D eigenvalue weighted by Gasteiger charge is 2.27. The van der Waals surface area contributed by atoms with Crippen LogP contribution in [0.5, 0.6) is 11.5 Å². The maximum atomic E-state index is 12.9. The first-order valence-electron chi connectivity index (χ1n) is 11.0. The molecule has 2 aromatic rings. The molecular weight excluding hydrogens is 408 g/mol. The van der Waals surface area contributed by atoms with Crippen LogP contribution >= 0.6 is 0 Å². The third-order valence-corrected chi connectivity index (χ3v) is 6.01. The van der Waals surface area contributed by atoms with Crippen molar-refractivity contribution in [3.8, 4) is 22.6 Å². The van der Waals surface area contributed by atoms with Crippen LogP contribution in [0.2, 0.25) is 0 Å². The number of amides is 2. The molecule has 0 radical (unpaired) electrons. The van der Waals surface area contributed by atoms with E-state index >= 15 is 0 Å². The van der Waals surface area contributed by atoms with E-state index in [1.54, 1.807) is 14.2 Å². The normalized spacial score (nSPS) is 20.1. The van der Waals surface area contributed by atoms with Crippen molar-refractivity contribution in [3.63, 3.8) is 0 Å². The van der Waals surface area contributed by atoms with Crippen LogP contribution in [0.25, 0.3) is 11.1 Å². The van der Waals surface area contributed by atoms with Crippen molar-refractivity contribution < 1.29 is 19.1 Å². The van der Waals surface area contributed by atoms with Crippen LogP contribution in [0.4, 0.5) is 11.4 Å². The van der Waals surface area contributed by atoms with Gasteiger partial charge in [-0.15, -0.1) is 0 Å². The molecule has 2 fully saturated rings. The molecule has 4 rings (SSSR count). The van der Waals surface area contributed by atoms with Crippen LogP contribution in [0.1, 0.15) is 25.7 Å². The molecule has 2 aliphatic heterocycles. The Kier molecular flexibility index (Phi) is 6.92. The van der Waals surface area contributed by atoms with Crippen LogP contribution < -0.4 is 30.7 Å². The first kappa shape index (κ1) is 22.1. The molecule has 0 bridgehead atoms. The fourth-order valence-corrected chi connectivity index (χ4v) is 4.38. The van der Waals surface area contributed by atoms with E-state index < -0.39 is 0 Å². The maximum Gasteiger partial charge on any atom is 0.241 e. The first-order chi connectivity index (χ1) is 15.6. The molecule has 2 aliphatic rings. The lowest BCUT2D eigenvalue weighted by atomic mass is 9.98. The molecule has 8 heteroatoms. The molecule has 0 aromatic heterocycles. The summed E-state index contributed by atoms with van der Waals surface area (Å²) in [6, 6.07) is 10.5. The summed E-state index contributed by atoms with van der Waals surface area (Å²) < 4.78 is 11.3. The fourth-order valence-electron chi connectivity index (χ4n) is 4.38. The predicted octanol–water partition coefficient (Wildman–Crippen LogP) is 2.75. The zero-order valence-corrected chi connectivity index (χ0v) is 18.5. The highest BCUT2D eigenvalue weighted by Crippen LogP contribution is 2.45. The van der Waals surface area contributed by atoms with E-state index in [-0.39, 0.29) is 23.9 Å². The lowest BCUT2D eigenvalue weighted by Crippen LogP contribution is -2.36. The quantitative estimate of drug-likeness (QED) is 0.530. The molecule has 8 nitrogen and oxygen atoms in total. The van der Waals surface area contributed by atoms with Crippen LogP contribution in [0, 0.1) is 0 Å². The van der Waals surface area contributed by atoms with Gasteiger partial charge < -0.3 is 30.7 Å². The number of nitrogens with one attached hydrogen (secondary N) is 4. The molecule has 170 valence electrons. The molecule has 0 aliphatic carbocycles. The molecule has 2 unspecified atom stereocenters. The number of ether oxygens (including phenoxy) is 2. The summed E-state index contributed by atoms with van der Waals surface area (Å²) in [5.41, 5.74) is 2.52. The minimum Gasteiger partial charge on any atom is -0.496 e. The van der Waals surface area contributed by atoms with Crippen molar-refractivity contribution in [2.75, 3.05) is 37.9 Å². The summed E-state index contributed by atoms with van der Waals surface area (Å²) >= 11 is 0. The number of carbonyl (C=O) groups excluding carboxylic acids is 2. The second-order valence-corrected chi connectivity index (χ2v) is 8.04. The van der Waals surface area contributed by atoms with Crippen molar-refractivity contribution >= 4 is 23.2 Å². The Morgan fingerprint density at radius 2 is 1.22 bits per heavy atom. The second-order valence-electron chi connectivity index (χ2n) is 8.04. The Bertz CT molecular complexity index is 902. The number of carbonyl (C=O) groups is 2. The van der Waals surface area contributed by atoms with Gasteiger partial charge in [-0.2, -0.15) is 0 Å². The topological polar surface area (TPSA) is 101 Å². The van der Waals surface area contributed by atoms with Gasteiger partial charge in [0.05, 0.1) is 48.8 Å². The molecule has 32 heavy (non-hydrogen) atoms. The van der Waals surface area contributed by atoms with Crippen molar-refractivity contribution in [2.45, 2.75) is 37.8 Å². The number of methoxy groups -OCH3 is 2. The third-order valence-electron chi connectivity index (χ3n) is 6.01. The summed E-state index contributed by atoms with van der Waals surface area (Å²) in [6.45, 7) is 1.67. The van der Waals surface area contributed by atoms with Crippen molar-refractivity contribution in [3.05, 3.63) is 36.4 Å². The summed E-state index contributed by atoms with van der Waals surface area (Å²) in [7, 11) is 3.16. The van der Waals surface area contributed by atoms with Gasteiger partial charge in [0.15, 0.2) is 0 Å². The van der Waals surface area contributed by atoms with Crippen molar-refractivity contribution in [1.82, 2.24) is 10.6 Å². The van der Waals surface area contributed by atoms with E-state index in [0.29, 0.717) is 34.0 Å². The Morgan fingerprint density at radius 1 is 0.781 bits per heavy atom. The molecule has 2 amide bonds. The summed E-state index contributed by atoms with van der Waals surface area (Å²) in [5, 5.41) is 12.5. The van der Waals surface area contributed by atoms with Gasteiger partial charge in [0.1, 0.15) is 11.5 Å². The molecule has 2 heterocycles. The lowest BCUT2D eigenvalue weighted by molar-refractivity contribution is -0.118. The zero-order chi connectivity index (χ0) is 22.5. The molecular formula is C24H30N4O4. The van der Waals surface area contributed by atoms with E-state index in [1.807, 2.05) is 36.4 Å². The van der Waals surface area contributed by atoms with Gasteiger partial charge in [0, 0.05) is 0 Å². The largest absolute Gasteiger partial charge is 0.496 e. The van der Waals surface area contributed by atoms with Gasteiger partial charge >= 0.3 is 0 Å². The van der Waals surface area contributed by atoms with E-state index in [0.717, 1.165) is 38.8 Å². The van der Waals surface area contributed by atoms with Gasteiger partial charge in [0.2, 0.25) is 11.8 Å². The number of anilines is 2. The Morgan fingerprint density at radius 3 is 1.56 bits per heavy atom. The van der Waals surface area contributed by atoms with Crippen LogP contribution in [-0.2, 0) is 9.59 Å². The van der Waals surface area contributed by atoms with Gasteiger partial charge in [-0.3, -0.25) is 9.59 Å². The second kappa shape index (κ2) is 10.0. The predicted molar refractivity (Wildman–Crippen MR) is 124 cm³/mol. The molecule has 2 atom stereocenters. The van der Waals surface area contributed by atoms with Crippen LogP contribution in [-0.4, -0.2) is 51.2 Å². The third kappa shape index (κ3) is 4.56. The SMILES string of the molecule is COc1cccc(NC(=O)C2CCCN2)c1-c1c(NC(=O)C2CCCN2)cccc1OC. The molecule has 4 N–H and O–H groups in total. The highest BCUT2D eigenvalue weighted by atomic mass is 16.5. The standard InChI is InChI=1S/C24H30N4O4/c1-31-19-11-3-7-15(27-23(29)17-9-5-13-25-17)21(19)22-16(8-4-12-20(22)32-2)28-24(30)18-10-6-14-26-18/h3-4,7-8,11-12,17-18,25-26H,5-6,9-10,13-14H2,1-2H3,(H,27,29)(H,28,30). The molecule has 2 aromatic carbocycles. The zero-order valence-electron chi connectivity index (χ0n) is 18.5. The fraction of sp³-hybridized carbons (Fsp3) is 0.417. The Hall–Kier alpha value is -3.10. The number of rotatable bonds is 7. The number of hydrogen-bond donors (Lipinski definition) is 4. The van der Waals surface area contributed by atoms with E-state index in [9.17, 15) is 9.59 Å². The maximum absolute atomic E-state index is 12.9. The summed E-state index contributed by atoms with van der Waals surface area (Å²) in [4.78, 5) is 25.7. The van der Waals surface area contributed by atoms with Gasteiger partial charge in [-0.25, -0.2) is 0 Å². The highest BCUT2D eigenvalue weighted by molar-refractivity contribution is 6.05. The first-order valence-corrected chi connectivity index (χ1v) is 11.0. The van der Waals surface area contributed by atoms with Crippen LogP contribution in [0.3, 0.4) is 0 Å². The van der Waals surface area contributed by atoms with Gasteiger partial charge in [0.25, 0.3) is 0 Å². The monoisotopic (exact) mass is 438 g/mol. The molecule has 0 saturated carbocycles. The lowest BCUT2D eigenvalue weighted by Gasteiger charge is -2.22. The average molecular weight is 439 g/mol. The summed E-state index contributed by atoms with van der Waals surface area (Å²) in [5.74, 6) is 0.961. The van der Waals surface area contributed by atoms with E-state index in [2.05, 4.69) is 21.3 Å². The molecule has 0 spiro atoms. The number of hydrogen-bond acceptors (Lipinski definition) is 6. The Balaban J connectivity index is 1.75. The van der Waals surface area contributed by atoms with Gasteiger partial charge in [-0.05, 0) is 63.0 Å². The van der Waals surface area contributed by atoms with Crippen molar-refractivity contribution in [1.29, 1.82) is 0 Å².